The molecule has 11 nitrogen and oxygen atoms in total. The summed E-state index contributed by atoms with van der Waals surface area (Å²) in [5.74, 6) is -0.465. The van der Waals surface area contributed by atoms with Crippen molar-refractivity contribution in [1.82, 2.24) is 20.4 Å². The number of hydrazine groups is 1. The van der Waals surface area contributed by atoms with Crippen molar-refractivity contribution in [2.45, 2.75) is 6.92 Å². The zero-order valence-electron chi connectivity index (χ0n) is 16.7. The van der Waals surface area contributed by atoms with Crippen LogP contribution in [0, 0.1) is 10.1 Å². The SMILES string of the molecule is CCOc1ccc(C(=O)NNC(=O)c2ccc(-n3ccnc3)c([N+](=O)[O-])c2)cc1OC. The van der Waals surface area contributed by atoms with E-state index in [0.717, 1.165) is 6.07 Å². The zero-order chi connectivity index (χ0) is 22.4. The second kappa shape index (κ2) is 9.39. The first-order chi connectivity index (χ1) is 14.9. The number of nitro groups is 1. The molecule has 0 unspecified atom stereocenters. The molecule has 0 spiro atoms. The summed E-state index contributed by atoms with van der Waals surface area (Å²) in [5, 5.41) is 11.4. The number of hydrogen-bond donors (Lipinski definition) is 2. The predicted octanol–water partition coefficient (Wildman–Crippen LogP) is 2.26. The number of amides is 2. The van der Waals surface area contributed by atoms with Gasteiger partial charge in [-0.2, -0.15) is 0 Å². The van der Waals surface area contributed by atoms with Gasteiger partial charge in [-0.25, -0.2) is 4.98 Å². The highest BCUT2D eigenvalue weighted by Gasteiger charge is 2.19. The van der Waals surface area contributed by atoms with Crippen molar-refractivity contribution in [3.63, 3.8) is 0 Å². The van der Waals surface area contributed by atoms with Gasteiger partial charge in [-0.1, -0.05) is 0 Å². The Kier molecular flexibility index (Phi) is 6.45. The highest BCUT2D eigenvalue weighted by molar-refractivity contribution is 5.99. The van der Waals surface area contributed by atoms with Crippen LogP contribution in [0.4, 0.5) is 5.69 Å². The summed E-state index contributed by atoms with van der Waals surface area (Å²) >= 11 is 0. The first-order valence-electron chi connectivity index (χ1n) is 9.13. The van der Waals surface area contributed by atoms with E-state index in [9.17, 15) is 19.7 Å². The van der Waals surface area contributed by atoms with E-state index in [1.165, 1.54) is 48.5 Å². The monoisotopic (exact) mass is 425 g/mol. The largest absolute Gasteiger partial charge is 0.493 e. The second-order valence-electron chi connectivity index (χ2n) is 6.14. The van der Waals surface area contributed by atoms with E-state index >= 15 is 0 Å². The lowest BCUT2D eigenvalue weighted by atomic mass is 10.1. The molecule has 0 fully saturated rings. The van der Waals surface area contributed by atoms with Crippen molar-refractivity contribution >= 4 is 17.5 Å². The Bertz CT molecular complexity index is 1110. The Morgan fingerprint density at radius 2 is 1.77 bits per heavy atom. The number of carbonyl (C=O) groups is 2. The number of imidazole rings is 1. The number of aromatic nitrogens is 2. The van der Waals surface area contributed by atoms with Gasteiger partial charge in [-0.05, 0) is 37.3 Å². The van der Waals surface area contributed by atoms with Crippen molar-refractivity contribution in [2.24, 2.45) is 0 Å². The summed E-state index contributed by atoms with van der Waals surface area (Å²) in [6.45, 7) is 2.26. The maximum absolute atomic E-state index is 12.4. The molecule has 0 saturated carbocycles. The van der Waals surface area contributed by atoms with Gasteiger partial charge in [0.25, 0.3) is 17.5 Å². The normalized spacial score (nSPS) is 10.3. The van der Waals surface area contributed by atoms with Gasteiger partial charge in [-0.3, -0.25) is 30.6 Å². The third-order valence-corrected chi connectivity index (χ3v) is 4.23. The van der Waals surface area contributed by atoms with Crippen LogP contribution in [-0.4, -0.2) is 40.0 Å². The molecule has 0 aliphatic heterocycles. The van der Waals surface area contributed by atoms with Gasteiger partial charge in [0.05, 0.1) is 25.0 Å². The van der Waals surface area contributed by atoms with Gasteiger partial charge >= 0.3 is 0 Å². The van der Waals surface area contributed by atoms with Crippen LogP contribution in [0.3, 0.4) is 0 Å². The first kappa shape index (κ1) is 21.3. The Hall–Kier alpha value is -4.41. The maximum atomic E-state index is 12.4. The van der Waals surface area contributed by atoms with Crippen molar-refractivity contribution in [3.05, 3.63) is 76.4 Å². The molecule has 1 heterocycles. The molecule has 2 N–H and O–H groups in total. The van der Waals surface area contributed by atoms with Crippen LogP contribution in [0.5, 0.6) is 11.5 Å². The van der Waals surface area contributed by atoms with Crippen molar-refractivity contribution < 1.29 is 24.0 Å². The second-order valence-corrected chi connectivity index (χ2v) is 6.14. The van der Waals surface area contributed by atoms with Crippen molar-refractivity contribution in [3.8, 4) is 17.2 Å². The van der Waals surface area contributed by atoms with E-state index in [-0.39, 0.29) is 22.5 Å². The predicted molar refractivity (Wildman–Crippen MR) is 109 cm³/mol. The van der Waals surface area contributed by atoms with Crippen molar-refractivity contribution in [2.75, 3.05) is 13.7 Å². The Balaban J connectivity index is 1.73. The summed E-state index contributed by atoms with van der Waals surface area (Å²) in [6, 6.07) is 8.52. The number of nitrogens with zero attached hydrogens (tertiary/aromatic N) is 3. The minimum Gasteiger partial charge on any atom is -0.493 e. The smallest absolute Gasteiger partial charge is 0.294 e. The molecule has 0 aliphatic carbocycles. The zero-order valence-corrected chi connectivity index (χ0v) is 16.7. The van der Waals surface area contributed by atoms with E-state index in [1.807, 2.05) is 6.92 Å². The number of carbonyl (C=O) groups excluding carboxylic acids is 2. The maximum Gasteiger partial charge on any atom is 0.294 e. The third kappa shape index (κ3) is 4.78. The van der Waals surface area contributed by atoms with Crippen LogP contribution >= 0.6 is 0 Å². The van der Waals surface area contributed by atoms with Gasteiger partial charge in [0.1, 0.15) is 5.69 Å². The average Bonchev–Trinajstić information content (AvgIpc) is 3.32. The molecule has 31 heavy (non-hydrogen) atoms. The molecule has 11 heteroatoms. The van der Waals surface area contributed by atoms with E-state index in [4.69, 9.17) is 9.47 Å². The lowest BCUT2D eigenvalue weighted by Crippen LogP contribution is -2.41. The lowest BCUT2D eigenvalue weighted by Gasteiger charge is -2.12. The van der Waals surface area contributed by atoms with Crippen LogP contribution in [0.25, 0.3) is 5.69 Å². The minimum absolute atomic E-state index is 0.000129. The molecule has 0 aliphatic rings. The van der Waals surface area contributed by atoms with Crippen LogP contribution in [0.2, 0.25) is 0 Å². The number of benzene rings is 2. The fourth-order valence-corrected chi connectivity index (χ4v) is 2.77. The molecule has 1 aromatic heterocycles. The molecule has 3 aromatic rings. The van der Waals surface area contributed by atoms with E-state index in [1.54, 1.807) is 12.3 Å². The molecule has 0 radical (unpaired) electrons. The van der Waals surface area contributed by atoms with Gasteiger partial charge in [0.15, 0.2) is 11.5 Å². The Morgan fingerprint density at radius 3 is 2.35 bits per heavy atom. The molecule has 0 saturated heterocycles. The molecular weight excluding hydrogens is 406 g/mol. The number of methoxy groups -OCH3 is 1. The summed E-state index contributed by atoms with van der Waals surface area (Å²) in [6.07, 6.45) is 4.44. The minimum atomic E-state index is -0.716. The number of hydrogen-bond acceptors (Lipinski definition) is 7. The van der Waals surface area contributed by atoms with Crippen molar-refractivity contribution in [1.29, 1.82) is 0 Å². The highest BCUT2D eigenvalue weighted by Crippen LogP contribution is 2.28. The van der Waals surface area contributed by atoms with Gasteiger partial charge < -0.3 is 14.0 Å². The fourth-order valence-electron chi connectivity index (χ4n) is 2.77. The van der Waals surface area contributed by atoms with E-state index in [0.29, 0.717) is 18.1 Å². The van der Waals surface area contributed by atoms with E-state index in [2.05, 4.69) is 15.8 Å². The summed E-state index contributed by atoms with van der Waals surface area (Å²) in [5.41, 5.74) is 4.71. The number of nitrogens with one attached hydrogen (secondary N) is 2. The number of nitro benzene ring substituents is 1. The van der Waals surface area contributed by atoms with Gasteiger partial charge in [0.2, 0.25) is 0 Å². The molecular formula is C20H19N5O6. The standard InChI is InChI=1S/C20H19N5O6/c1-3-31-17-7-5-14(11-18(17)30-2)20(27)23-22-19(26)13-4-6-15(16(10-13)25(28)29)24-9-8-21-12-24/h4-12H,3H2,1-2H3,(H,22,26)(H,23,27). The van der Waals surface area contributed by atoms with Gasteiger partial charge in [-0.15, -0.1) is 0 Å². The highest BCUT2D eigenvalue weighted by atomic mass is 16.6. The van der Waals surface area contributed by atoms with Crippen LogP contribution in [0.15, 0.2) is 55.1 Å². The third-order valence-electron chi connectivity index (χ3n) is 4.23. The topological polar surface area (TPSA) is 138 Å². The average molecular weight is 425 g/mol. The molecule has 160 valence electrons. The first-order valence-corrected chi connectivity index (χ1v) is 9.13. The van der Waals surface area contributed by atoms with Crippen LogP contribution in [-0.2, 0) is 0 Å². The Labute approximate surface area is 176 Å². The Morgan fingerprint density at radius 1 is 1.10 bits per heavy atom. The lowest BCUT2D eigenvalue weighted by molar-refractivity contribution is -0.384. The van der Waals surface area contributed by atoms with Crippen LogP contribution < -0.4 is 20.3 Å². The van der Waals surface area contributed by atoms with Gasteiger partial charge in [0, 0.05) is 29.6 Å². The molecule has 3 rings (SSSR count). The van der Waals surface area contributed by atoms with Crippen LogP contribution in [0.1, 0.15) is 27.6 Å². The summed E-state index contributed by atoms with van der Waals surface area (Å²) in [4.78, 5) is 39.4. The van der Waals surface area contributed by atoms with E-state index < -0.39 is 16.7 Å². The number of rotatable bonds is 7. The summed E-state index contributed by atoms with van der Waals surface area (Å²) in [7, 11) is 1.45. The molecule has 0 atom stereocenters. The summed E-state index contributed by atoms with van der Waals surface area (Å²) < 4.78 is 12.1. The molecule has 2 aromatic carbocycles. The number of ether oxygens (including phenoxy) is 2. The fraction of sp³-hybridized carbons (Fsp3) is 0.150. The molecule has 2 amide bonds. The quantitative estimate of drug-likeness (QED) is 0.437. The molecule has 0 bridgehead atoms.